The second kappa shape index (κ2) is 6.08. The Morgan fingerprint density at radius 2 is 1.44 bits per heavy atom. The molecule has 0 fully saturated rings. The number of rotatable bonds is 6. The number of hydrogen-bond donors (Lipinski definition) is 1. The molecular formula is C16H33NO. The molecule has 0 aliphatic rings. The Hall–Kier alpha value is -0.530. The minimum Gasteiger partial charge on any atom is -0.356 e. The van der Waals surface area contributed by atoms with Crippen LogP contribution in [-0.4, -0.2) is 12.5 Å². The maximum Gasteiger partial charge on any atom is 0.220 e. The van der Waals surface area contributed by atoms with Crippen LogP contribution in [0.2, 0.25) is 0 Å². The summed E-state index contributed by atoms with van der Waals surface area (Å²) < 4.78 is 0. The third kappa shape index (κ3) is 8.54. The number of amides is 1. The molecule has 0 rings (SSSR count). The van der Waals surface area contributed by atoms with Gasteiger partial charge in [0, 0.05) is 13.0 Å². The summed E-state index contributed by atoms with van der Waals surface area (Å²) in [4.78, 5) is 11.9. The van der Waals surface area contributed by atoms with E-state index in [0.29, 0.717) is 11.8 Å². The first-order valence-corrected chi connectivity index (χ1v) is 7.14. The van der Waals surface area contributed by atoms with Gasteiger partial charge in [0.1, 0.15) is 0 Å². The van der Waals surface area contributed by atoms with E-state index in [0.717, 1.165) is 19.4 Å². The number of carbonyl (C=O) groups is 1. The molecule has 1 amide bonds. The third-order valence-corrected chi connectivity index (χ3v) is 3.37. The smallest absolute Gasteiger partial charge is 0.220 e. The fourth-order valence-corrected chi connectivity index (χ4v) is 2.46. The van der Waals surface area contributed by atoms with E-state index in [2.05, 4.69) is 60.7 Å². The first kappa shape index (κ1) is 17.5. The molecule has 0 aliphatic carbocycles. The lowest BCUT2D eigenvalue weighted by Gasteiger charge is -2.33. The topological polar surface area (TPSA) is 29.1 Å². The SMILES string of the molecule is CCC(C)(C)CC(=O)NCC(C)(C)CC(C)(C)C. The predicted octanol–water partition coefficient (Wildman–Crippen LogP) is 4.39. The average molecular weight is 255 g/mol. The van der Waals surface area contributed by atoms with Crippen LogP contribution < -0.4 is 5.32 Å². The van der Waals surface area contributed by atoms with Crippen molar-refractivity contribution in [1.82, 2.24) is 5.32 Å². The van der Waals surface area contributed by atoms with Crippen molar-refractivity contribution in [2.24, 2.45) is 16.2 Å². The molecule has 0 unspecified atom stereocenters. The number of nitrogens with one attached hydrogen (secondary N) is 1. The van der Waals surface area contributed by atoms with Gasteiger partial charge in [0.05, 0.1) is 0 Å². The first-order valence-electron chi connectivity index (χ1n) is 7.14. The van der Waals surface area contributed by atoms with Crippen LogP contribution in [0.3, 0.4) is 0 Å². The van der Waals surface area contributed by atoms with Gasteiger partial charge < -0.3 is 5.32 Å². The molecule has 0 atom stereocenters. The predicted molar refractivity (Wildman–Crippen MR) is 79.6 cm³/mol. The van der Waals surface area contributed by atoms with E-state index >= 15 is 0 Å². The van der Waals surface area contributed by atoms with E-state index < -0.39 is 0 Å². The molecule has 0 spiro atoms. The van der Waals surface area contributed by atoms with Gasteiger partial charge in [0.15, 0.2) is 0 Å². The summed E-state index contributed by atoms with van der Waals surface area (Å²) in [5, 5.41) is 3.10. The van der Waals surface area contributed by atoms with Gasteiger partial charge >= 0.3 is 0 Å². The van der Waals surface area contributed by atoms with Crippen LogP contribution in [0.1, 0.15) is 74.7 Å². The van der Waals surface area contributed by atoms with Crippen LogP contribution in [0.4, 0.5) is 0 Å². The Labute approximate surface area is 114 Å². The van der Waals surface area contributed by atoms with Crippen molar-refractivity contribution in [3.05, 3.63) is 0 Å². The van der Waals surface area contributed by atoms with E-state index in [1.54, 1.807) is 0 Å². The Morgan fingerprint density at radius 3 is 1.83 bits per heavy atom. The highest BCUT2D eigenvalue weighted by molar-refractivity contribution is 5.76. The average Bonchev–Trinajstić information content (AvgIpc) is 2.11. The maximum absolute atomic E-state index is 11.9. The second-order valence-corrected chi connectivity index (χ2v) is 8.37. The zero-order valence-corrected chi connectivity index (χ0v) is 13.7. The van der Waals surface area contributed by atoms with E-state index in [1.807, 2.05) is 0 Å². The van der Waals surface area contributed by atoms with Gasteiger partial charge in [-0.3, -0.25) is 4.79 Å². The fraction of sp³-hybridized carbons (Fsp3) is 0.938. The van der Waals surface area contributed by atoms with Crippen LogP contribution in [0.15, 0.2) is 0 Å². The van der Waals surface area contributed by atoms with E-state index in [4.69, 9.17) is 0 Å². The molecule has 2 heteroatoms. The summed E-state index contributed by atoms with van der Waals surface area (Å²) in [6.45, 7) is 18.4. The van der Waals surface area contributed by atoms with Gasteiger partial charge in [-0.2, -0.15) is 0 Å². The molecule has 0 aromatic carbocycles. The van der Waals surface area contributed by atoms with Gasteiger partial charge in [-0.25, -0.2) is 0 Å². The molecule has 0 saturated carbocycles. The van der Waals surface area contributed by atoms with Gasteiger partial charge in [0.2, 0.25) is 5.91 Å². The molecule has 0 heterocycles. The lowest BCUT2D eigenvalue weighted by Crippen LogP contribution is -2.37. The molecule has 0 aromatic heterocycles. The Morgan fingerprint density at radius 1 is 0.944 bits per heavy atom. The Kier molecular flexibility index (Phi) is 5.90. The van der Waals surface area contributed by atoms with Gasteiger partial charge in [-0.1, -0.05) is 61.8 Å². The van der Waals surface area contributed by atoms with Gasteiger partial charge in [-0.15, -0.1) is 0 Å². The molecule has 1 N–H and O–H groups in total. The van der Waals surface area contributed by atoms with Crippen LogP contribution >= 0.6 is 0 Å². The lowest BCUT2D eigenvalue weighted by molar-refractivity contribution is -0.123. The summed E-state index contributed by atoms with van der Waals surface area (Å²) >= 11 is 0. The highest BCUT2D eigenvalue weighted by atomic mass is 16.1. The molecule has 0 bridgehead atoms. The first-order chi connectivity index (χ1) is 7.87. The monoisotopic (exact) mass is 255 g/mol. The number of hydrogen-bond acceptors (Lipinski definition) is 1. The minimum atomic E-state index is 0.109. The zero-order valence-electron chi connectivity index (χ0n) is 13.7. The van der Waals surface area contributed by atoms with Crippen molar-refractivity contribution in [3.63, 3.8) is 0 Å². The highest BCUT2D eigenvalue weighted by Crippen LogP contribution is 2.32. The molecule has 108 valence electrons. The second-order valence-electron chi connectivity index (χ2n) is 8.37. The largest absolute Gasteiger partial charge is 0.356 e. The van der Waals surface area contributed by atoms with Crippen molar-refractivity contribution in [2.45, 2.75) is 74.7 Å². The Balaban J connectivity index is 4.20. The molecule has 0 radical (unpaired) electrons. The third-order valence-electron chi connectivity index (χ3n) is 3.37. The van der Waals surface area contributed by atoms with E-state index in [-0.39, 0.29) is 16.7 Å². The zero-order chi connectivity index (χ0) is 14.6. The summed E-state index contributed by atoms with van der Waals surface area (Å²) in [6.07, 6.45) is 2.76. The van der Waals surface area contributed by atoms with Crippen molar-refractivity contribution < 1.29 is 4.79 Å². The Bertz CT molecular complexity index is 271. The summed E-state index contributed by atoms with van der Waals surface area (Å²) in [5.74, 6) is 0.184. The maximum atomic E-state index is 11.9. The summed E-state index contributed by atoms with van der Waals surface area (Å²) in [5.41, 5.74) is 0.569. The summed E-state index contributed by atoms with van der Waals surface area (Å²) in [7, 11) is 0. The summed E-state index contributed by atoms with van der Waals surface area (Å²) in [6, 6.07) is 0. The molecule has 0 saturated heterocycles. The molecule has 0 aromatic rings. The van der Waals surface area contributed by atoms with E-state index in [1.165, 1.54) is 0 Å². The molecule has 18 heavy (non-hydrogen) atoms. The van der Waals surface area contributed by atoms with E-state index in [9.17, 15) is 4.79 Å². The van der Waals surface area contributed by atoms with Crippen LogP contribution in [-0.2, 0) is 4.79 Å². The van der Waals surface area contributed by atoms with Crippen LogP contribution in [0.5, 0.6) is 0 Å². The molecule has 0 aliphatic heterocycles. The van der Waals surface area contributed by atoms with Gasteiger partial charge in [0.25, 0.3) is 0 Å². The quantitative estimate of drug-likeness (QED) is 0.749. The molecular weight excluding hydrogens is 222 g/mol. The van der Waals surface area contributed by atoms with Gasteiger partial charge in [-0.05, 0) is 22.7 Å². The van der Waals surface area contributed by atoms with Crippen LogP contribution in [0.25, 0.3) is 0 Å². The number of carbonyl (C=O) groups excluding carboxylic acids is 1. The van der Waals surface area contributed by atoms with Crippen molar-refractivity contribution in [2.75, 3.05) is 6.54 Å². The molecule has 2 nitrogen and oxygen atoms in total. The lowest BCUT2D eigenvalue weighted by atomic mass is 9.76. The fourth-order valence-electron chi connectivity index (χ4n) is 2.46. The minimum absolute atomic E-state index is 0.109. The normalized spacial score (nSPS) is 13.6. The van der Waals surface area contributed by atoms with Crippen molar-refractivity contribution in [1.29, 1.82) is 0 Å². The van der Waals surface area contributed by atoms with Crippen molar-refractivity contribution in [3.8, 4) is 0 Å². The standard InChI is InChI=1S/C16H33NO/c1-9-15(5,6)10-13(18)17-12-16(7,8)11-14(2,3)4/h9-12H2,1-8H3,(H,17,18). The van der Waals surface area contributed by atoms with Crippen molar-refractivity contribution >= 4 is 5.91 Å². The van der Waals surface area contributed by atoms with Crippen LogP contribution in [0, 0.1) is 16.2 Å². The highest BCUT2D eigenvalue weighted by Gasteiger charge is 2.27.